The van der Waals surface area contributed by atoms with E-state index in [-0.39, 0.29) is 17.2 Å². The summed E-state index contributed by atoms with van der Waals surface area (Å²) in [5.74, 6) is -2.04. The van der Waals surface area contributed by atoms with Crippen LogP contribution in [0.1, 0.15) is 54.4 Å². The largest absolute Gasteiger partial charge is 0.355 e. The van der Waals surface area contributed by atoms with Crippen LogP contribution in [-0.4, -0.2) is 29.8 Å². The van der Waals surface area contributed by atoms with Crippen molar-refractivity contribution in [2.24, 2.45) is 0 Å². The summed E-state index contributed by atoms with van der Waals surface area (Å²) in [6.07, 6.45) is 6.61. The van der Waals surface area contributed by atoms with Crippen molar-refractivity contribution in [1.82, 2.24) is 10.3 Å². The minimum absolute atomic E-state index is 0.164. The third-order valence-electron chi connectivity index (χ3n) is 5.25. The minimum atomic E-state index is -0.681. The Bertz CT molecular complexity index is 1190. The summed E-state index contributed by atoms with van der Waals surface area (Å²) in [6, 6.07) is 7.13. The molecule has 0 saturated heterocycles. The van der Waals surface area contributed by atoms with Gasteiger partial charge in [-0.15, -0.1) is 11.3 Å². The zero-order valence-corrected chi connectivity index (χ0v) is 18.1. The average Bonchev–Trinajstić information content (AvgIpc) is 3.18. The topological polar surface area (TPSA) is 100 Å². The number of anilines is 2. The minimum Gasteiger partial charge on any atom is -0.355 e. The monoisotopic (exact) mass is 452 g/mol. The fourth-order valence-corrected chi connectivity index (χ4v) is 4.95. The maximum Gasteiger partial charge on any atom is 0.258 e. The molecule has 0 radical (unpaired) electrons. The number of hydrogen-bond donors (Lipinski definition) is 3. The number of carbonyl (C=O) groups is 3. The predicted molar refractivity (Wildman–Crippen MR) is 121 cm³/mol. The highest BCUT2D eigenvalue weighted by molar-refractivity contribution is 7.17. The van der Waals surface area contributed by atoms with Gasteiger partial charge in [-0.1, -0.05) is 0 Å². The molecule has 2 aromatic heterocycles. The van der Waals surface area contributed by atoms with Crippen LogP contribution < -0.4 is 16.0 Å². The van der Waals surface area contributed by atoms with Crippen LogP contribution in [0, 0.1) is 5.82 Å². The van der Waals surface area contributed by atoms with Gasteiger partial charge in [0.05, 0.1) is 16.7 Å². The van der Waals surface area contributed by atoms with Crippen LogP contribution in [0.25, 0.3) is 0 Å². The van der Waals surface area contributed by atoms with Crippen LogP contribution in [0.2, 0.25) is 0 Å². The van der Waals surface area contributed by atoms with Crippen molar-refractivity contribution in [2.45, 2.75) is 25.7 Å². The average molecular weight is 453 g/mol. The van der Waals surface area contributed by atoms with E-state index in [0.29, 0.717) is 16.1 Å². The number of amides is 3. The third-order valence-corrected chi connectivity index (χ3v) is 6.45. The molecule has 164 valence electrons. The molecule has 32 heavy (non-hydrogen) atoms. The van der Waals surface area contributed by atoms with E-state index in [1.54, 1.807) is 18.3 Å². The Hall–Kier alpha value is -3.59. The van der Waals surface area contributed by atoms with Gasteiger partial charge >= 0.3 is 0 Å². The third kappa shape index (κ3) is 4.38. The van der Waals surface area contributed by atoms with Gasteiger partial charge in [-0.05, 0) is 61.6 Å². The smallest absolute Gasteiger partial charge is 0.258 e. The van der Waals surface area contributed by atoms with Gasteiger partial charge in [0.1, 0.15) is 10.8 Å². The van der Waals surface area contributed by atoms with E-state index >= 15 is 0 Å². The molecule has 3 amide bonds. The van der Waals surface area contributed by atoms with Crippen LogP contribution in [-0.2, 0) is 12.8 Å². The lowest BCUT2D eigenvalue weighted by molar-refractivity contribution is 0.0956. The first kappa shape index (κ1) is 21.6. The number of hydrogen-bond acceptors (Lipinski definition) is 5. The second kappa shape index (κ2) is 9.27. The highest BCUT2D eigenvalue weighted by atomic mass is 32.1. The molecular formula is C23H21FN4O3S. The van der Waals surface area contributed by atoms with Crippen molar-refractivity contribution in [3.8, 4) is 0 Å². The van der Waals surface area contributed by atoms with E-state index in [1.807, 2.05) is 0 Å². The van der Waals surface area contributed by atoms with E-state index in [9.17, 15) is 18.8 Å². The number of carbonyl (C=O) groups excluding carboxylic acids is 3. The van der Waals surface area contributed by atoms with Crippen LogP contribution >= 0.6 is 11.3 Å². The molecule has 1 aliphatic rings. The van der Waals surface area contributed by atoms with E-state index < -0.39 is 17.6 Å². The van der Waals surface area contributed by atoms with Crippen LogP contribution in [0.5, 0.6) is 0 Å². The maximum absolute atomic E-state index is 14.0. The summed E-state index contributed by atoms with van der Waals surface area (Å²) in [7, 11) is 1.40. The molecule has 2 heterocycles. The van der Waals surface area contributed by atoms with E-state index in [1.165, 1.54) is 36.7 Å². The molecule has 0 atom stereocenters. The second-order valence-electron chi connectivity index (χ2n) is 7.34. The SMILES string of the molecule is CNC(=O)c1cc(NC(=O)c2c(NC(=O)c3cccnc3)sc3c2CCCC3)ccc1F. The van der Waals surface area contributed by atoms with Crippen LogP contribution in [0.15, 0.2) is 42.7 Å². The van der Waals surface area contributed by atoms with Gasteiger partial charge in [0.2, 0.25) is 0 Å². The van der Waals surface area contributed by atoms with Crippen molar-refractivity contribution in [1.29, 1.82) is 0 Å². The Labute approximate surface area is 188 Å². The molecule has 3 aromatic rings. The molecule has 0 saturated carbocycles. The molecule has 1 aliphatic carbocycles. The number of fused-ring (bicyclic) bond motifs is 1. The Morgan fingerprint density at radius 2 is 1.84 bits per heavy atom. The predicted octanol–water partition coefficient (Wildman–Crippen LogP) is 4.03. The number of halogens is 1. The summed E-state index contributed by atoms with van der Waals surface area (Å²) >= 11 is 1.40. The molecule has 0 spiro atoms. The molecule has 1 aromatic carbocycles. The summed E-state index contributed by atoms with van der Waals surface area (Å²) < 4.78 is 14.0. The lowest BCUT2D eigenvalue weighted by atomic mass is 9.95. The van der Waals surface area contributed by atoms with Gasteiger partial charge in [0.25, 0.3) is 17.7 Å². The van der Waals surface area contributed by atoms with Gasteiger partial charge in [0, 0.05) is 30.0 Å². The summed E-state index contributed by atoms with van der Waals surface area (Å²) in [6.45, 7) is 0. The zero-order valence-electron chi connectivity index (χ0n) is 17.3. The van der Waals surface area contributed by atoms with Gasteiger partial charge in [-0.3, -0.25) is 19.4 Å². The van der Waals surface area contributed by atoms with Crippen LogP contribution in [0.4, 0.5) is 15.1 Å². The molecular weight excluding hydrogens is 431 g/mol. The zero-order chi connectivity index (χ0) is 22.7. The number of pyridine rings is 1. The van der Waals surface area contributed by atoms with Crippen molar-refractivity contribution in [3.63, 3.8) is 0 Å². The van der Waals surface area contributed by atoms with E-state index in [0.717, 1.165) is 42.2 Å². The fraction of sp³-hybridized carbons (Fsp3) is 0.217. The lowest BCUT2D eigenvalue weighted by Crippen LogP contribution is -2.21. The first-order chi connectivity index (χ1) is 15.5. The van der Waals surface area contributed by atoms with Crippen LogP contribution in [0.3, 0.4) is 0 Å². The number of thiophene rings is 1. The Morgan fingerprint density at radius 3 is 2.59 bits per heavy atom. The molecule has 9 heteroatoms. The van der Waals surface area contributed by atoms with Crippen molar-refractivity contribution >= 4 is 39.7 Å². The van der Waals surface area contributed by atoms with Crippen molar-refractivity contribution in [2.75, 3.05) is 17.7 Å². The first-order valence-electron chi connectivity index (χ1n) is 10.2. The molecule has 0 fully saturated rings. The van der Waals surface area contributed by atoms with Gasteiger partial charge in [-0.2, -0.15) is 0 Å². The van der Waals surface area contributed by atoms with Crippen molar-refractivity contribution in [3.05, 3.63) is 75.7 Å². The van der Waals surface area contributed by atoms with Crippen molar-refractivity contribution < 1.29 is 18.8 Å². The first-order valence-corrected chi connectivity index (χ1v) is 11.0. The molecule has 0 bridgehead atoms. The van der Waals surface area contributed by atoms with Gasteiger partial charge in [0.15, 0.2) is 0 Å². The lowest BCUT2D eigenvalue weighted by Gasteiger charge is -2.14. The van der Waals surface area contributed by atoms with Gasteiger partial charge < -0.3 is 16.0 Å². The Morgan fingerprint density at radius 1 is 1.03 bits per heavy atom. The Kier molecular flexibility index (Phi) is 6.27. The maximum atomic E-state index is 14.0. The molecule has 7 nitrogen and oxygen atoms in total. The Balaban J connectivity index is 1.65. The van der Waals surface area contributed by atoms with E-state index in [4.69, 9.17) is 0 Å². The normalized spacial score (nSPS) is 12.6. The summed E-state index contributed by atoms with van der Waals surface area (Å²) in [4.78, 5) is 42.9. The second-order valence-corrected chi connectivity index (χ2v) is 8.44. The molecule has 0 aliphatic heterocycles. The molecule has 0 unspecified atom stereocenters. The number of benzene rings is 1. The molecule has 4 rings (SSSR count). The number of nitrogens with zero attached hydrogens (tertiary/aromatic N) is 1. The highest BCUT2D eigenvalue weighted by Gasteiger charge is 2.27. The standard InChI is InChI=1S/C23H21FN4O3S/c1-25-21(30)16-11-14(8-9-17(16)24)27-22(31)19-15-6-2-3-7-18(15)32-23(19)28-20(29)13-5-4-10-26-12-13/h4-5,8-12H,2-3,6-7H2,1H3,(H,25,30)(H,27,31)(H,28,29). The number of rotatable bonds is 5. The number of nitrogens with one attached hydrogen (secondary N) is 3. The number of aryl methyl sites for hydroxylation is 1. The molecule has 3 N–H and O–H groups in total. The summed E-state index contributed by atoms with van der Waals surface area (Å²) in [5, 5.41) is 8.45. The highest BCUT2D eigenvalue weighted by Crippen LogP contribution is 2.38. The van der Waals surface area contributed by atoms with Gasteiger partial charge in [-0.25, -0.2) is 4.39 Å². The quantitative estimate of drug-likeness (QED) is 0.544. The fourth-order valence-electron chi connectivity index (χ4n) is 3.67. The number of aromatic nitrogens is 1. The summed E-state index contributed by atoms with van der Waals surface area (Å²) in [5.41, 5.74) is 1.85. The van der Waals surface area contributed by atoms with E-state index in [2.05, 4.69) is 20.9 Å².